The van der Waals surface area contributed by atoms with E-state index in [1.54, 1.807) is 0 Å². The van der Waals surface area contributed by atoms with Crippen LogP contribution in [0.4, 0.5) is 5.69 Å². The van der Waals surface area contributed by atoms with E-state index >= 15 is 0 Å². The number of benzene rings is 2. The monoisotopic (exact) mass is 289 g/mol. The fourth-order valence-corrected chi connectivity index (χ4v) is 2.32. The number of hydrogen-bond acceptors (Lipinski definition) is 1. The van der Waals surface area contributed by atoms with Crippen LogP contribution in [0.1, 0.15) is 27.8 Å². The number of nitrogens with two attached hydrogens (primary N) is 1. The highest BCUT2D eigenvalue weighted by atomic mass is 14.6. The largest absolute Gasteiger partial charge is 0.398 e. The molecule has 22 heavy (non-hydrogen) atoms. The van der Waals surface area contributed by atoms with Crippen molar-refractivity contribution >= 4 is 17.8 Å². The Morgan fingerprint density at radius 3 is 2.09 bits per heavy atom. The molecule has 0 bridgehead atoms. The van der Waals surface area contributed by atoms with Crippen LogP contribution >= 0.6 is 0 Å². The third-order valence-corrected chi connectivity index (χ3v) is 3.89. The average molecular weight is 289 g/mol. The molecule has 0 spiro atoms. The summed E-state index contributed by atoms with van der Waals surface area (Å²) < 4.78 is 0. The van der Waals surface area contributed by atoms with Crippen LogP contribution in [0.3, 0.4) is 0 Å². The van der Waals surface area contributed by atoms with Crippen LogP contribution in [0.2, 0.25) is 0 Å². The summed E-state index contributed by atoms with van der Waals surface area (Å²) in [6.45, 7) is 6.24. The first kappa shape index (κ1) is 15.8. The summed E-state index contributed by atoms with van der Waals surface area (Å²) in [5.41, 5.74) is 12.9. The fourth-order valence-electron chi connectivity index (χ4n) is 2.32. The normalized spacial score (nSPS) is 12.0. The molecule has 2 aromatic carbocycles. The van der Waals surface area contributed by atoms with Crippen molar-refractivity contribution in [3.8, 4) is 0 Å². The lowest BCUT2D eigenvalue weighted by molar-refractivity contribution is 1.29. The van der Waals surface area contributed by atoms with Gasteiger partial charge >= 0.3 is 0 Å². The quantitative estimate of drug-likeness (QED) is 0.585. The summed E-state index contributed by atoms with van der Waals surface area (Å²) in [5, 5.41) is 0. The fraction of sp³-hybridized carbons (Fsp3) is 0.143. The summed E-state index contributed by atoms with van der Waals surface area (Å²) >= 11 is 0. The van der Waals surface area contributed by atoms with Gasteiger partial charge in [0.25, 0.3) is 0 Å². The van der Waals surface area contributed by atoms with E-state index in [4.69, 9.17) is 5.73 Å². The predicted octanol–water partition coefficient (Wildman–Crippen LogP) is 5.48. The second kappa shape index (κ2) is 7.46. The van der Waals surface area contributed by atoms with Gasteiger partial charge in [-0.3, -0.25) is 0 Å². The molecule has 0 amide bonds. The Morgan fingerprint density at radius 1 is 0.773 bits per heavy atom. The number of nitrogen functional groups attached to an aromatic ring is 1. The molecular formula is C21H23N. The van der Waals surface area contributed by atoms with E-state index in [1.165, 1.54) is 22.3 Å². The van der Waals surface area contributed by atoms with Gasteiger partial charge in [-0.1, -0.05) is 66.8 Å². The Hall–Kier alpha value is -2.54. The van der Waals surface area contributed by atoms with Crippen LogP contribution in [0.5, 0.6) is 0 Å². The molecule has 0 heterocycles. The van der Waals surface area contributed by atoms with E-state index in [0.29, 0.717) is 0 Å². The Kier molecular flexibility index (Phi) is 5.37. The number of allylic oxidation sites excluding steroid dienone is 4. The maximum Gasteiger partial charge on any atom is 0.0376 e. The zero-order valence-electron chi connectivity index (χ0n) is 13.5. The van der Waals surface area contributed by atoms with Gasteiger partial charge in [-0.25, -0.2) is 0 Å². The highest BCUT2D eigenvalue weighted by molar-refractivity contribution is 5.66. The molecule has 0 unspecified atom stereocenters. The van der Waals surface area contributed by atoms with E-state index in [1.807, 2.05) is 36.4 Å². The van der Waals surface area contributed by atoms with Crippen LogP contribution in [0.25, 0.3) is 12.2 Å². The second-order valence-electron chi connectivity index (χ2n) is 5.46. The van der Waals surface area contributed by atoms with Gasteiger partial charge in [-0.2, -0.15) is 0 Å². The molecule has 1 heteroatoms. The molecule has 0 aliphatic heterocycles. The molecule has 0 saturated carbocycles. The van der Waals surface area contributed by atoms with Crippen LogP contribution in [0, 0.1) is 20.8 Å². The molecule has 112 valence electrons. The average Bonchev–Trinajstić information content (AvgIpc) is 2.54. The Balaban J connectivity index is 2.04. The second-order valence-corrected chi connectivity index (χ2v) is 5.46. The van der Waals surface area contributed by atoms with E-state index in [-0.39, 0.29) is 0 Å². The number of hydrogen-bond donors (Lipinski definition) is 1. The Morgan fingerprint density at radius 2 is 1.41 bits per heavy atom. The molecule has 0 atom stereocenters. The Bertz CT molecular complexity index is 719. The van der Waals surface area contributed by atoms with Crippen LogP contribution < -0.4 is 5.73 Å². The molecule has 2 N–H and O–H groups in total. The Labute approximate surface area is 133 Å². The van der Waals surface area contributed by atoms with Gasteiger partial charge in [0.2, 0.25) is 0 Å². The molecule has 0 saturated heterocycles. The molecule has 0 aromatic heterocycles. The van der Waals surface area contributed by atoms with Crippen molar-refractivity contribution < 1.29 is 0 Å². The minimum atomic E-state index is 0.899. The third kappa shape index (κ3) is 3.98. The van der Waals surface area contributed by atoms with Crippen LogP contribution in [-0.4, -0.2) is 0 Å². The van der Waals surface area contributed by atoms with E-state index in [0.717, 1.165) is 11.3 Å². The number of aryl methyl sites for hydroxylation is 1. The third-order valence-electron chi connectivity index (χ3n) is 3.89. The van der Waals surface area contributed by atoms with E-state index in [2.05, 4.69) is 57.2 Å². The van der Waals surface area contributed by atoms with Crippen molar-refractivity contribution in [3.05, 3.63) is 88.5 Å². The van der Waals surface area contributed by atoms with Gasteiger partial charge in [0.05, 0.1) is 0 Å². The molecule has 2 aromatic rings. The number of anilines is 1. The zero-order chi connectivity index (χ0) is 15.9. The molecule has 2 rings (SSSR count). The smallest absolute Gasteiger partial charge is 0.0376 e. The van der Waals surface area contributed by atoms with Crippen LogP contribution in [-0.2, 0) is 0 Å². The molecule has 0 fully saturated rings. The summed E-state index contributed by atoms with van der Waals surface area (Å²) in [6, 6.07) is 12.4. The zero-order valence-corrected chi connectivity index (χ0v) is 13.5. The minimum Gasteiger partial charge on any atom is -0.398 e. The standard InChI is InChI=1S/C21H23N/c1-16-15-20(17(2)18(3)21(16)22)14-10-5-4-7-11-19-12-8-6-9-13-19/h4-15H,22H2,1-3H3/b5-4+,11-7+,14-10+. The molecule has 0 aliphatic rings. The first-order valence-corrected chi connectivity index (χ1v) is 7.52. The first-order chi connectivity index (χ1) is 10.6. The lowest BCUT2D eigenvalue weighted by atomic mass is 9.97. The SMILES string of the molecule is Cc1cc(/C=C/C=C/C=C/c2ccccc2)c(C)c(C)c1N. The molecule has 0 radical (unpaired) electrons. The lowest BCUT2D eigenvalue weighted by Gasteiger charge is -2.11. The van der Waals surface area contributed by atoms with Gasteiger partial charge in [0.15, 0.2) is 0 Å². The predicted molar refractivity (Wildman–Crippen MR) is 98.7 cm³/mol. The lowest BCUT2D eigenvalue weighted by Crippen LogP contribution is -1.98. The maximum absolute atomic E-state index is 6.05. The minimum absolute atomic E-state index is 0.899. The molecular weight excluding hydrogens is 266 g/mol. The first-order valence-electron chi connectivity index (χ1n) is 7.52. The van der Waals surface area contributed by atoms with Gasteiger partial charge < -0.3 is 5.73 Å². The van der Waals surface area contributed by atoms with E-state index in [9.17, 15) is 0 Å². The summed E-state index contributed by atoms with van der Waals surface area (Å²) in [6.07, 6.45) is 12.4. The highest BCUT2D eigenvalue weighted by Gasteiger charge is 2.04. The van der Waals surface area contributed by atoms with Crippen LogP contribution in [0.15, 0.2) is 60.7 Å². The van der Waals surface area contributed by atoms with Crippen molar-refractivity contribution in [1.29, 1.82) is 0 Å². The molecule has 1 nitrogen and oxygen atoms in total. The van der Waals surface area contributed by atoms with Crippen molar-refractivity contribution in [3.63, 3.8) is 0 Å². The summed E-state index contributed by atoms with van der Waals surface area (Å²) in [7, 11) is 0. The van der Waals surface area contributed by atoms with Crippen molar-refractivity contribution in [1.82, 2.24) is 0 Å². The highest BCUT2D eigenvalue weighted by Crippen LogP contribution is 2.24. The summed E-state index contributed by atoms with van der Waals surface area (Å²) in [4.78, 5) is 0. The van der Waals surface area contributed by atoms with Gasteiger partial charge in [0, 0.05) is 5.69 Å². The topological polar surface area (TPSA) is 26.0 Å². The maximum atomic E-state index is 6.05. The van der Waals surface area contributed by atoms with Gasteiger partial charge in [-0.05, 0) is 54.7 Å². The van der Waals surface area contributed by atoms with Gasteiger partial charge in [-0.15, -0.1) is 0 Å². The molecule has 0 aliphatic carbocycles. The number of rotatable bonds is 4. The van der Waals surface area contributed by atoms with Crippen molar-refractivity contribution in [2.75, 3.05) is 5.73 Å². The van der Waals surface area contributed by atoms with Crippen molar-refractivity contribution in [2.24, 2.45) is 0 Å². The van der Waals surface area contributed by atoms with E-state index < -0.39 is 0 Å². The van der Waals surface area contributed by atoms with Crippen molar-refractivity contribution in [2.45, 2.75) is 20.8 Å². The van der Waals surface area contributed by atoms with Gasteiger partial charge in [0.1, 0.15) is 0 Å². The summed E-state index contributed by atoms with van der Waals surface area (Å²) in [5.74, 6) is 0.